The zero-order valence-corrected chi connectivity index (χ0v) is 16.2. The van der Waals surface area contributed by atoms with Gasteiger partial charge in [-0.05, 0) is 42.6 Å². The van der Waals surface area contributed by atoms with Gasteiger partial charge in [0.05, 0.1) is 11.9 Å². The highest BCUT2D eigenvalue weighted by Crippen LogP contribution is 2.22. The Morgan fingerprint density at radius 2 is 1.61 bits per heavy atom. The summed E-state index contributed by atoms with van der Waals surface area (Å²) in [6.45, 7) is 3.95. The summed E-state index contributed by atoms with van der Waals surface area (Å²) >= 11 is 0. The summed E-state index contributed by atoms with van der Waals surface area (Å²) in [6.07, 6.45) is 2.95. The monoisotopic (exact) mass is 367 g/mol. The molecule has 1 heterocycles. The van der Waals surface area contributed by atoms with Gasteiger partial charge in [-0.1, -0.05) is 78.4 Å². The van der Waals surface area contributed by atoms with Gasteiger partial charge in [-0.3, -0.25) is 0 Å². The van der Waals surface area contributed by atoms with E-state index in [-0.39, 0.29) is 0 Å². The molecule has 0 aliphatic heterocycles. The Kier molecular flexibility index (Phi) is 5.64. The molecule has 2 N–H and O–H groups in total. The van der Waals surface area contributed by atoms with Gasteiger partial charge in [0.25, 0.3) is 0 Å². The van der Waals surface area contributed by atoms with Crippen molar-refractivity contribution in [3.8, 4) is 22.6 Å². The van der Waals surface area contributed by atoms with Gasteiger partial charge in [0.1, 0.15) is 5.82 Å². The van der Waals surface area contributed by atoms with Crippen molar-refractivity contribution in [3.05, 3.63) is 102 Å². The van der Waals surface area contributed by atoms with Crippen molar-refractivity contribution in [1.82, 2.24) is 15.3 Å². The first-order chi connectivity index (χ1) is 13.8. The number of benzene rings is 3. The summed E-state index contributed by atoms with van der Waals surface area (Å²) in [4.78, 5) is 7.97. The van der Waals surface area contributed by atoms with E-state index in [1.807, 2.05) is 24.4 Å². The van der Waals surface area contributed by atoms with Crippen molar-refractivity contribution in [1.29, 1.82) is 0 Å². The quantitative estimate of drug-likeness (QED) is 0.430. The molecule has 140 valence electrons. The van der Waals surface area contributed by atoms with Crippen LogP contribution in [0.1, 0.15) is 16.7 Å². The van der Waals surface area contributed by atoms with Crippen LogP contribution in [-0.4, -0.2) is 16.5 Å². The highest BCUT2D eigenvalue weighted by atomic mass is 14.9. The lowest BCUT2D eigenvalue weighted by molar-refractivity contribution is 0.687. The van der Waals surface area contributed by atoms with Crippen LogP contribution in [-0.2, 0) is 13.0 Å². The molecule has 3 heteroatoms. The molecule has 0 aliphatic rings. The highest BCUT2D eigenvalue weighted by molar-refractivity contribution is 5.64. The van der Waals surface area contributed by atoms with Crippen molar-refractivity contribution in [3.63, 3.8) is 0 Å². The van der Waals surface area contributed by atoms with Crippen LogP contribution in [0.4, 0.5) is 0 Å². The molecule has 0 saturated heterocycles. The van der Waals surface area contributed by atoms with Crippen molar-refractivity contribution in [2.45, 2.75) is 19.9 Å². The van der Waals surface area contributed by atoms with Crippen LogP contribution in [0.5, 0.6) is 0 Å². The molecule has 0 amide bonds. The molecule has 0 fully saturated rings. The van der Waals surface area contributed by atoms with Crippen LogP contribution in [0.2, 0.25) is 0 Å². The van der Waals surface area contributed by atoms with E-state index in [9.17, 15) is 0 Å². The van der Waals surface area contributed by atoms with Gasteiger partial charge in [0, 0.05) is 12.1 Å². The van der Waals surface area contributed by atoms with E-state index >= 15 is 0 Å². The van der Waals surface area contributed by atoms with Gasteiger partial charge in [0.2, 0.25) is 0 Å². The fraction of sp³-hybridized carbons (Fsp3) is 0.160. The Bertz CT molecular complexity index is 1020. The molecule has 4 aromatic rings. The van der Waals surface area contributed by atoms with Gasteiger partial charge in [-0.15, -0.1) is 0 Å². The van der Waals surface area contributed by atoms with Gasteiger partial charge in [-0.2, -0.15) is 0 Å². The number of aromatic nitrogens is 2. The maximum Gasteiger partial charge on any atom is 0.137 e. The summed E-state index contributed by atoms with van der Waals surface area (Å²) in [7, 11) is 0. The average Bonchev–Trinajstić information content (AvgIpc) is 3.24. The van der Waals surface area contributed by atoms with E-state index in [1.165, 1.54) is 16.7 Å². The minimum atomic E-state index is 0.860. The smallest absolute Gasteiger partial charge is 0.137 e. The lowest BCUT2D eigenvalue weighted by Gasteiger charge is -2.07. The maximum atomic E-state index is 4.54. The molecular formula is C25H25N3. The van der Waals surface area contributed by atoms with E-state index < -0.39 is 0 Å². The Hall–Kier alpha value is -3.17. The molecular weight excluding hydrogens is 342 g/mol. The Labute approximate surface area is 166 Å². The number of aryl methyl sites for hydroxylation is 1. The number of hydrogen-bond donors (Lipinski definition) is 2. The number of aromatic amines is 1. The number of imidazole rings is 1. The SMILES string of the molecule is Cc1ccc(CCNCc2cccc(-c3cnc(-c4ccccc4)[nH]3)c2)cc1. The molecule has 4 rings (SSSR count). The third-order valence-corrected chi connectivity index (χ3v) is 4.90. The van der Waals surface area contributed by atoms with Crippen LogP contribution in [0.3, 0.4) is 0 Å². The largest absolute Gasteiger partial charge is 0.338 e. The number of nitrogens with one attached hydrogen (secondary N) is 2. The van der Waals surface area contributed by atoms with Crippen LogP contribution in [0, 0.1) is 6.92 Å². The van der Waals surface area contributed by atoms with Gasteiger partial charge in [0.15, 0.2) is 0 Å². The van der Waals surface area contributed by atoms with Crippen molar-refractivity contribution >= 4 is 0 Å². The topological polar surface area (TPSA) is 40.7 Å². The second-order valence-corrected chi connectivity index (χ2v) is 7.12. The van der Waals surface area contributed by atoms with E-state index in [1.54, 1.807) is 0 Å². The molecule has 28 heavy (non-hydrogen) atoms. The van der Waals surface area contributed by atoms with E-state index in [0.717, 1.165) is 42.2 Å². The predicted molar refractivity (Wildman–Crippen MR) is 116 cm³/mol. The van der Waals surface area contributed by atoms with E-state index in [4.69, 9.17) is 0 Å². The number of nitrogens with zero attached hydrogens (tertiary/aromatic N) is 1. The first kappa shape index (κ1) is 18.2. The maximum absolute atomic E-state index is 4.54. The van der Waals surface area contributed by atoms with Crippen LogP contribution in [0.15, 0.2) is 85.1 Å². The molecule has 3 aromatic carbocycles. The molecule has 1 aromatic heterocycles. The number of hydrogen-bond acceptors (Lipinski definition) is 2. The third-order valence-electron chi connectivity index (χ3n) is 4.90. The first-order valence-electron chi connectivity index (χ1n) is 9.74. The second kappa shape index (κ2) is 8.68. The minimum Gasteiger partial charge on any atom is -0.338 e. The summed E-state index contributed by atoms with van der Waals surface area (Å²) in [6, 6.07) is 27.6. The molecule has 0 atom stereocenters. The molecule has 0 unspecified atom stereocenters. The highest BCUT2D eigenvalue weighted by Gasteiger charge is 2.06. The standard InChI is InChI=1S/C25H25N3/c1-19-10-12-20(13-11-19)14-15-26-17-21-6-5-9-23(16-21)24-18-27-25(28-24)22-7-3-2-4-8-22/h2-13,16,18,26H,14-15,17H2,1H3,(H,27,28). The summed E-state index contributed by atoms with van der Waals surface area (Å²) in [5.41, 5.74) is 7.26. The normalized spacial score (nSPS) is 10.9. The molecule has 0 saturated carbocycles. The zero-order chi connectivity index (χ0) is 19.2. The Morgan fingerprint density at radius 3 is 2.43 bits per heavy atom. The Morgan fingerprint density at radius 1 is 0.821 bits per heavy atom. The average molecular weight is 367 g/mol. The van der Waals surface area contributed by atoms with Gasteiger partial charge < -0.3 is 10.3 Å². The second-order valence-electron chi connectivity index (χ2n) is 7.12. The number of H-pyrrole nitrogens is 1. The molecule has 0 aliphatic carbocycles. The lowest BCUT2D eigenvalue weighted by Crippen LogP contribution is -2.16. The van der Waals surface area contributed by atoms with E-state index in [2.05, 4.69) is 82.9 Å². The zero-order valence-electron chi connectivity index (χ0n) is 16.2. The lowest BCUT2D eigenvalue weighted by atomic mass is 10.1. The van der Waals surface area contributed by atoms with Crippen LogP contribution in [0.25, 0.3) is 22.6 Å². The van der Waals surface area contributed by atoms with Crippen LogP contribution < -0.4 is 5.32 Å². The summed E-state index contributed by atoms with van der Waals surface area (Å²) < 4.78 is 0. The number of rotatable bonds is 7. The fourth-order valence-corrected chi connectivity index (χ4v) is 3.28. The summed E-state index contributed by atoms with van der Waals surface area (Å²) in [5, 5.41) is 3.55. The van der Waals surface area contributed by atoms with Gasteiger partial charge >= 0.3 is 0 Å². The predicted octanol–water partition coefficient (Wildman–Crippen LogP) is 5.38. The van der Waals surface area contributed by atoms with Crippen molar-refractivity contribution in [2.24, 2.45) is 0 Å². The van der Waals surface area contributed by atoms with Crippen molar-refractivity contribution < 1.29 is 0 Å². The fourth-order valence-electron chi connectivity index (χ4n) is 3.28. The third kappa shape index (κ3) is 4.56. The van der Waals surface area contributed by atoms with E-state index in [0.29, 0.717) is 0 Å². The molecule has 3 nitrogen and oxygen atoms in total. The molecule has 0 spiro atoms. The molecule has 0 bridgehead atoms. The minimum absolute atomic E-state index is 0.860. The first-order valence-corrected chi connectivity index (χ1v) is 9.74. The van der Waals surface area contributed by atoms with Crippen molar-refractivity contribution in [2.75, 3.05) is 6.54 Å². The van der Waals surface area contributed by atoms with Gasteiger partial charge in [-0.25, -0.2) is 4.98 Å². The summed E-state index contributed by atoms with van der Waals surface area (Å²) in [5.74, 6) is 0.900. The molecule has 0 radical (unpaired) electrons. The Balaban J connectivity index is 1.37. The van der Waals surface area contributed by atoms with Crippen LogP contribution >= 0.6 is 0 Å².